The molecule has 0 aliphatic carbocycles. The fourth-order valence-corrected chi connectivity index (χ4v) is 4.30. The molecule has 0 radical (unpaired) electrons. The predicted octanol–water partition coefficient (Wildman–Crippen LogP) is 6.08. The van der Waals surface area contributed by atoms with E-state index >= 15 is 0 Å². The molecule has 6 nitrogen and oxygen atoms in total. The molecule has 1 saturated heterocycles. The van der Waals surface area contributed by atoms with Crippen LogP contribution in [-0.4, -0.2) is 41.5 Å². The Bertz CT molecular complexity index is 1080. The zero-order valence-corrected chi connectivity index (χ0v) is 21.6. The number of amides is 1. The van der Waals surface area contributed by atoms with E-state index in [4.69, 9.17) is 9.47 Å². The third kappa shape index (κ3) is 5.69. The van der Waals surface area contributed by atoms with E-state index in [1.54, 1.807) is 11.0 Å². The third-order valence-corrected chi connectivity index (χ3v) is 5.99. The highest BCUT2D eigenvalue weighted by Gasteiger charge is 2.45. The molecule has 0 bridgehead atoms. The second-order valence-electron chi connectivity index (χ2n) is 9.61. The highest BCUT2D eigenvalue weighted by Crippen LogP contribution is 2.41. The average Bonchev–Trinajstić information content (AvgIpc) is 3.08. The van der Waals surface area contributed by atoms with Crippen molar-refractivity contribution in [2.75, 3.05) is 19.8 Å². The van der Waals surface area contributed by atoms with E-state index < -0.39 is 17.7 Å². The summed E-state index contributed by atoms with van der Waals surface area (Å²) in [5.74, 6) is 0.603. The number of hydrogen-bond acceptors (Lipinski definition) is 5. The lowest BCUT2D eigenvalue weighted by atomic mass is 9.93. The van der Waals surface area contributed by atoms with Crippen LogP contribution in [0.2, 0.25) is 0 Å². The number of nitrogens with zero attached hydrogens (tertiary/aromatic N) is 1. The monoisotopic (exact) mass is 479 g/mol. The van der Waals surface area contributed by atoms with Crippen molar-refractivity contribution in [3.63, 3.8) is 0 Å². The van der Waals surface area contributed by atoms with Crippen LogP contribution in [0.25, 0.3) is 5.76 Å². The third-order valence-electron chi connectivity index (χ3n) is 5.99. The van der Waals surface area contributed by atoms with E-state index in [9.17, 15) is 14.7 Å². The topological polar surface area (TPSA) is 76.1 Å². The minimum atomic E-state index is -0.666. The Hall–Kier alpha value is -3.28. The van der Waals surface area contributed by atoms with Gasteiger partial charge in [0.2, 0.25) is 0 Å². The van der Waals surface area contributed by atoms with Crippen molar-refractivity contribution < 1.29 is 24.2 Å². The van der Waals surface area contributed by atoms with Crippen molar-refractivity contribution in [3.05, 3.63) is 64.7 Å². The minimum absolute atomic E-state index is 0.109. The molecule has 3 rings (SSSR count). The number of Topliss-reactive ketones (excluding diaryl/α,β-unsaturated/α-hetero) is 1. The van der Waals surface area contributed by atoms with Gasteiger partial charge in [0.1, 0.15) is 17.3 Å². The van der Waals surface area contributed by atoms with Gasteiger partial charge in [-0.05, 0) is 66.6 Å². The molecule has 1 heterocycles. The second kappa shape index (κ2) is 11.4. The Morgan fingerprint density at radius 2 is 1.69 bits per heavy atom. The minimum Gasteiger partial charge on any atom is -0.507 e. The van der Waals surface area contributed by atoms with Gasteiger partial charge in [0.15, 0.2) is 0 Å². The van der Waals surface area contributed by atoms with Gasteiger partial charge in [-0.25, -0.2) is 0 Å². The summed E-state index contributed by atoms with van der Waals surface area (Å²) in [7, 11) is 0. The number of aliphatic hydroxyl groups excluding tert-OH is 1. The Labute approximate surface area is 208 Å². The molecule has 0 saturated carbocycles. The molecule has 35 heavy (non-hydrogen) atoms. The molecule has 1 aliphatic rings. The molecule has 1 unspecified atom stereocenters. The van der Waals surface area contributed by atoms with Gasteiger partial charge in [0, 0.05) is 12.1 Å². The number of ether oxygens (including phenoxy) is 2. The maximum atomic E-state index is 13.2. The molecular weight excluding hydrogens is 442 g/mol. The summed E-state index contributed by atoms with van der Waals surface area (Å²) in [5, 5.41) is 11.4. The smallest absolute Gasteiger partial charge is 0.295 e. The number of ketones is 1. The SMILES string of the molecule is CCCN1C(=O)C(=O)/C(=C(\O)c2ccc(OCC)c(C(C)C)c2)C1c1ccc(OCC(C)C)cc1. The number of hydrogen-bond donors (Lipinski definition) is 1. The van der Waals surface area contributed by atoms with E-state index in [1.165, 1.54) is 0 Å². The van der Waals surface area contributed by atoms with Crippen LogP contribution in [0.3, 0.4) is 0 Å². The number of carbonyl (C=O) groups is 2. The van der Waals surface area contributed by atoms with Crippen LogP contribution in [0.15, 0.2) is 48.0 Å². The highest BCUT2D eigenvalue weighted by molar-refractivity contribution is 6.46. The second-order valence-corrected chi connectivity index (χ2v) is 9.61. The summed E-state index contributed by atoms with van der Waals surface area (Å²) in [6.07, 6.45) is 0.694. The zero-order chi connectivity index (χ0) is 25.7. The van der Waals surface area contributed by atoms with Crippen LogP contribution >= 0.6 is 0 Å². The van der Waals surface area contributed by atoms with Crippen molar-refractivity contribution in [1.29, 1.82) is 0 Å². The fraction of sp³-hybridized carbons (Fsp3) is 0.448. The van der Waals surface area contributed by atoms with Gasteiger partial charge in [-0.3, -0.25) is 9.59 Å². The summed E-state index contributed by atoms with van der Waals surface area (Å²) >= 11 is 0. The van der Waals surface area contributed by atoms with Crippen LogP contribution in [0.1, 0.15) is 76.6 Å². The summed E-state index contributed by atoms with van der Waals surface area (Å²) in [6, 6.07) is 12.1. The molecule has 1 atom stereocenters. The van der Waals surface area contributed by atoms with Crippen LogP contribution in [-0.2, 0) is 9.59 Å². The molecule has 2 aromatic carbocycles. The molecule has 2 aromatic rings. The molecule has 6 heteroatoms. The lowest BCUT2D eigenvalue weighted by Crippen LogP contribution is -2.30. The van der Waals surface area contributed by atoms with E-state index in [0.717, 1.165) is 22.6 Å². The Morgan fingerprint density at radius 1 is 1.00 bits per heavy atom. The number of carbonyl (C=O) groups excluding carboxylic acids is 2. The largest absolute Gasteiger partial charge is 0.507 e. The standard InChI is InChI=1S/C29H37NO5/c1-7-15-30-26(20-9-12-22(13-10-20)35-17-18(3)4)25(28(32)29(30)33)27(31)21-11-14-24(34-8-2)23(16-21)19(5)6/h9-14,16,18-19,26,31H,7-8,15,17H2,1-6H3/b27-25-. The van der Waals surface area contributed by atoms with Gasteiger partial charge in [0.25, 0.3) is 11.7 Å². The van der Waals surface area contributed by atoms with Crippen LogP contribution in [0.4, 0.5) is 0 Å². The Balaban J connectivity index is 2.09. The number of likely N-dealkylation sites (tertiary alicyclic amines) is 1. The Kier molecular flexibility index (Phi) is 8.60. The van der Waals surface area contributed by atoms with E-state index in [1.807, 2.05) is 64.1 Å². The highest BCUT2D eigenvalue weighted by atomic mass is 16.5. The lowest BCUT2D eigenvalue weighted by Gasteiger charge is -2.25. The Morgan fingerprint density at radius 3 is 2.26 bits per heavy atom. The van der Waals surface area contributed by atoms with Gasteiger partial charge in [0.05, 0.1) is 24.8 Å². The molecule has 1 amide bonds. The lowest BCUT2D eigenvalue weighted by molar-refractivity contribution is -0.139. The van der Waals surface area contributed by atoms with Crippen molar-refractivity contribution in [1.82, 2.24) is 4.90 Å². The molecule has 0 spiro atoms. The maximum Gasteiger partial charge on any atom is 0.295 e. The van der Waals surface area contributed by atoms with Gasteiger partial charge >= 0.3 is 0 Å². The molecule has 1 aliphatic heterocycles. The summed E-state index contributed by atoms with van der Waals surface area (Å²) in [6.45, 7) is 13.7. The van der Waals surface area contributed by atoms with Crippen molar-refractivity contribution in [3.8, 4) is 11.5 Å². The van der Waals surface area contributed by atoms with Gasteiger partial charge in [-0.15, -0.1) is 0 Å². The quantitative estimate of drug-likeness (QED) is 0.254. The first-order valence-corrected chi connectivity index (χ1v) is 12.5. The predicted molar refractivity (Wildman–Crippen MR) is 138 cm³/mol. The van der Waals surface area contributed by atoms with E-state index in [0.29, 0.717) is 37.7 Å². The van der Waals surface area contributed by atoms with Gasteiger partial charge in [-0.1, -0.05) is 46.8 Å². The van der Waals surface area contributed by atoms with E-state index in [-0.39, 0.29) is 17.3 Å². The van der Waals surface area contributed by atoms with Crippen LogP contribution in [0.5, 0.6) is 11.5 Å². The van der Waals surface area contributed by atoms with Crippen LogP contribution < -0.4 is 9.47 Å². The molecule has 0 aromatic heterocycles. The zero-order valence-electron chi connectivity index (χ0n) is 21.6. The number of rotatable bonds is 10. The average molecular weight is 480 g/mol. The summed E-state index contributed by atoms with van der Waals surface area (Å²) in [5.41, 5.74) is 2.29. The number of benzene rings is 2. The van der Waals surface area contributed by atoms with Crippen molar-refractivity contribution in [2.24, 2.45) is 5.92 Å². The first-order chi connectivity index (χ1) is 16.7. The van der Waals surface area contributed by atoms with Gasteiger partial charge in [-0.2, -0.15) is 0 Å². The number of aliphatic hydroxyl groups is 1. The van der Waals surface area contributed by atoms with E-state index in [2.05, 4.69) is 13.8 Å². The van der Waals surface area contributed by atoms with Crippen molar-refractivity contribution >= 4 is 17.4 Å². The van der Waals surface area contributed by atoms with Gasteiger partial charge < -0.3 is 19.5 Å². The molecular formula is C29H37NO5. The molecule has 1 fully saturated rings. The molecule has 1 N–H and O–H groups in total. The maximum absolute atomic E-state index is 13.2. The fourth-order valence-electron chi connectivity index (χ4n) is 4.30. The summed E-state index contributed by atoms with van der Waals surface area (Å²) < 4.78 is 11.5. The first kappa shape index (κ1) is 26.3. The van der Waals surface area contributed by atoms with Crippen LogP contribution in [0, 0.1) is 5.92 Å². The first-order valence-electron chi connectivity index (χ1n) is 12.5. The van der Waals surface area contributed by atoms with Crippen molar-refractivity contribution in [2.45, 2.75) is 59.9 Å². The molecule has 188 valence electrons. The summed E-state index contributed by atoms with van der Waals surface area (Å²) in [4.78, 5) is 27.7. The normalized spacial score (nSPS) is 17.5.